The second-order valence-corrected chi connectivity index (χ2v) is 7.87. The standard InChI is InChI=1S/C27H26N4O3/c1-18-15-22(19(2)31(18)23-13-11-21(12-14-23)27(33)34-3)16-29-30-26(32)17-28-25-10-6-8-20-7-4-5-9-24(20)25/h4-16,28H,17H2,1-3H3,(H,30,32)/b29-16-. The van der Waals surface area contributed by atoms with Crippen molar-refractivity contribution in [1.29, 1.82) is 0 Å². The molecule has 1 amide bonds. The minimum atomic E-state index is -0.369. The Hall–Kier alpha value is -4.39. The Balaban J connectivity index is 1.40. The first-order valence-corrected chi connectivity index (χ1v) is 10.9. The van der Waals surface area contributed by atoms with Gasteiger partial charge in [0, 0.05) is 33.7 Å². The molecule has 0 aliphatic rings. The summed E-state index contributed by atoms with van der Waals surface area (Å²) in [5.41, 5.74) is 7.76. The summed E-state index contributed by atoms with van der Waals surface area (Å²) < 4.78 is 6.82. The number of hydrogen-bond acceptors (Lipinski definition) is 5. The maximum absolute atomic E-state index is 12.3. The van der Waals surface area contributed by atoms with Gasteiger partial charge < -0.3 is 14.6 Å². The largest absolute Gasteiger partial charge is 0.465 e. The van der Waals surface area contributed by atoms with Crippen LogP contribution in [0.25, 0.3) is 16.5 Å². The van der Waals surface area contributed by atoms with Gasteiger partial charge in [0.15, 0.2) is 0 Å². The molecule has 4 aromatic rings. The van der Waals surface area contributed by atoms with Gasteiger partial charge >= 0.3 is 5.97 Å². The number of fused-ring (bicyclic) bond motifs is 1. The van der Waals surface area contributed by atoms with Crippen molar-refractivity contribution in [3.63, 3.8) is 0 Å². The van der Waals surface area contributed by atoms with Gasteiger partial charge in [0.05, 0.1) is 25.4 Å². The zero-order valence-corrected chi connectivity index (χ0v) is 19.3. The Morgan fingerprint density at radius 3 is 2.50 bits per heavy atom. The zero-order chi connectivity index (χ0) is 24.1. The van der Waals surface area contributed by atoms with Crippen molar-refractivity contribution in [2.45, 2.75) is 13.8 Å². The van der Waals surface area contributed by atoms with Gasteiger partial charge in [-0.05, 0) is 55.6 Å². The van der Waals surface area contributed by atoms with Gasteiger partial charge in [-0.3, -0.25) is 4.79 Å². The van der Waals surface area contributed by atoms with Gasteiger partial charge in [-0.1, -0.05) is 36.4 Å². The summed E-state index contributed by atoms with van der Waals surface area (Å²) in [7, 11) is 1.36. The third kappa shape index (κ3) is 4.83. The number of anilines is 1. The maximum Gasteiger partial charge on any atom is 0.337 e. The number of ether oxygens (including phenoxy) is 1. The van der Waals surface area contributed by atoms with Crippen LogP contribution in [0, 0.1) is 13.8 Å². The second kappa shape index (κ2) is 10.0. The lowest BCUT2D eigenvalue weighted by molar-refractivity contribution is -0.119. The van der Waals surface area contributed by atoms with Gasteiger partial charge in [0.25, 0.3) is 5.91 Å². The fourth-order valence-electron chi connectivity index (χ4n) is 3.95. The Bertz CT molecular complexity index is 1370. The molecule has 0 bridgehead atoms. The predicted octanol–water partition coefficient (Wildman–Crippen LogP) is 4.60. The van der Waals surface area contributed by atoms with E-state index in [1.165, 1.54) is 7.11 Å². The molecule has 0 unspecified atom stereocenters. The summed E-state index contributed by atoms with van der Waals surface area (Å²) in [4.78, 5) is 24.0. The molecule has 0 saturated heterocycles. The number of rotatable bonds is 7. The first-order valence-electron chi connectivity index (χ1n) is 10.9. The molecule has 0 radical (unpaired) electrons. The molecule has 0 aliphatic carbocycles. The van der Waals surface area contributed by atoms with E-state index in [-0.39, 0.29) is 18.4 Å². The fraction of sp³-hybridized carbons (Fsp3) is 0.148. The molecule has 4 rings (SSSR count). The van der Waals surface area contributed by atoms with Crippen LogP contribution in [0.1, 0.15) is 27.3 Å². The third-order valence-electron chi connectivity index (χ3n) is 5.64. The highest BCUT2D eigenvalue weighted by molar-refractivity contribution is 5.95. The number of benzene rings is 3. The zero-order valence-electron chi connectivity index (χ0n) is 19.3. The SMILES string of the molecule is COC(=O)c1ccc(-n2c(C)cc(/C=N\NC(=O)CNc3cccc4ccccc34)c2C)cc1. The van der Waals surface area contributed by atoms with E-state index in [0.29, 0.717) is 5.56 Å². The van der Waals surface area contributed by atoms with Crippen LogP contribution in [0.2, 0.25) is 0 Å². The van der Waals surface area contributed by atoms with Crippen molar-refractivity contribution in [3.05, 3.63) is 95.3 Å². The van der Waals surface area contributed by atoms with Crippen molar-refractivity contribution in [2.24, 2.45) is 5.10 Å². The normalized spacial score (nSPS) is 11.0. The molecular weight excluding hydrogens is 428 g/mol. The Labute approximate surface area is 198 Å². The van der Waals surface area contributed by atoms with Crippen molar-refractivity contribution < 1.29 is 14.3 Å². The molecule has 1 heterocycles. The number of carbonyl (C=O) groups excluding carboxylic acids is 2. The summed E-state index contributed by atoms with van der Waals surface area (Å²) in [5.74, 6) is -0.609. The van der Waals surface area contributed by atoms with Crippen molar-refractivity contribution in [2.75, 3.05) is 19.0 Å². The summed E-state index contributed by atoms with van der Waals surface area (Å²) in [6.45, 7) is 4.08. The highest BCUT2D eigenvalue weighted by Crippen LogP contribution is 2.23. The van der Waals surface area contributed by atoms with Crippen LogP contribution in [-0.2, 0) is 9.53 Å². The van der Waals surface area contributed by atoms with Crippen LogP contribution in [0.3, 0.4) is 0 Å². The number of amides is 1. The number of nitrogens with one attached hydrogen (secondary N) is 2. The van der Waals surface area contributed by atoms with Crippen LogP contribution in [0.4, 0.5) is 5.69 Å². The Morgan fingerprint density at radius 1 is 1.00 bits per heavy atom. The summed E-state index contributed by atoms with van der Waals surface area (Å²) in [6.07, 6.45) is 1.64. The van der Waals surface area contributed by atoms with Gasteiger partial charge in [0.2, 0.25) is 0 Å². The van der Waals surface area contributed by atoms with Crippen LogP contribution in [-0.4, -0.2) is 36.3 Å². The number of esters is 1. The predicted molar refractivity (Wildman–Crippen MR) is 135 cm³/mol. The van der Waals surface area contributed by atoms with Crippen LogP contribution >= 0.6 is 0 Å². The highest BCUT2D eigenvalue weighted by Gasteiger charge is 2.11. The molecular formula is C27H26N4O3. The fourth-order valence-corrected chi connectivity index (χ4v) is 3.95. The summed E-state index contributed by atoms with van der Waals surface area (Å²) in [6, 6.07) is 23.2. The number of hydrazone groups is 1. The summed E-state index contributed by atoms with van der Waals surface area (Å²) >= 11 is 0. The first-order chi connectivity index (χ1) is 16.5. The molecule has 3 aromatic carbocycles. The smallest absolute Gasteiger partial charge is 0.337 e. The van der Waals surface area contributed by atoms with E-state index < -0.39 is 0 Å². The molecule has 0 fully saturated rings. The average Bonchev–Trinajstić information content (AvgIpc) is 3.14. The Kier molecular flexibility index (Phi) is 6.73. The minimum Gasteiger partial charge on any atom is -0.465 e. The van der Waals surface area contributed by atoms with Crippen molar-refractivity contribution in [1.82, 2.24) is 9.99 Å². The highest BCUT2D eigenvalue weighted by atomic mass is 16.5. The molecule has 1 aromatic heterocycles. The van der Waals surface area contributed by atoms with Crippen molar-refractivity contribution >= 4 is 34.6 Å². The maximum atomic E-state index is 12.3. The Morgan fingerprint density at radius 2 is 1.74 bits per heavy atom. The van der Waals surface area contributed by atoms with Crippen LogP contribution in [0.15, 0.2) is 77.9 Å². The van der Waals surface area contributed by atoms with E-state index in [2.05, 4.69) is 20.4 Å². The van der Waals surface area contributed by atoms with E-state index in [4.69, 9.17) is 4.74 Å². The van der Waals surface area contributed by atoms with Gasteiger partial charge in [-0.15, -0.1) is 0 Å². The first kappa shape index (κ1) is 22.8. The average molecular weight is 455 g/mol. The molecule has 172 valence electrons. The van der Waals surface area contributed by atoms with Gasteiger partial charge in [0.1, 0.15) is 0 Å². The summed E-state index contributed by atoms with van der Waals surface area (Å²) in [5, 5.41) is 9.49. The van der Waals surface area contributed by atoms with E-state index in [0.717, 1.165) is 39.1 Å². The van der Waals surface area contributed by atoms with Crippen molar-refractivity contribution in [3.8, 4) is 5.69 Å². The van der Waals surface area contributed by atoms with Crippen LogP contribution in [0.5, 0.6) is 0 Å². The molecule has 0 aliphatic heterocycles. The molecule has 2 N–H and O–H groups in total. The second-order valence-electron chi connectivity index (χ2n) is 7.87. The number of nitrogens with zero attached hydrogens (tertiary/aromatic N) is 2. The topological polar surface area (TPSA) is 84.7 Å². The molecule has 0 spiro atoms. The number of aryl methyl sites for hydroxylation is 1. The van der Waals surface area contributed by atoms with Crippen LogP contribution < -0.4 is 10.7 Å². The van der Waals surface area contributed by atoms with E-state index >= 15 is 0 Å². The third-order valence-corrected chi connectivity index (χ3v) is 5.64. The number of carbonyl (C=O) groups is 2. The monoisotopic (exact) mass is 454 g/mol. The molecule has 7 heteroatoms. The molecule has 7 nitrogen and oxygen atoms in total. The van der Waals surface area contributed by atoms with Gasteiger partial charge in [-0.25, -0.2) is 10.2 Å². The number of hydrogen-bond donors (Lipinski definition) is 2. The van der Waals surface area contributed by atoms with E-state index in [9.17, 15) is 9.59 Å². The lowest BCUT2D eigenvalue weighted by Crippen LogP contribution is -2.25. The quantitative estimate of drug-likeness (QED) is 0.243. The lowest BCUT2D eigenvalue weighted by atomic mass is 10.1. The molecule has 34 heavy (non-hydrogen) atoms. The molecule has 0 atom stereocenters. The van der Waals surface area contributed by atoms with E-state index in [1.54, 1.807) is 18.3 Å². The number of aromatic nitrogens is 1. The minimum absolute atomic E-state index is 0.108. The van der Waals surface area contributed by atoms with E-state index in [1.807, 2.05) is 74.5 Å². The van der Waals surface area contributed by atoms with Gasteiger partial charge in [-0.2, -0.15) is 5.10 Å². The number of methoxy groups -OCH3 is 1. The molecule has 0 saturated carbocycles. The lowest BCUT2D eigenvalue weighted by Gasteiger charge is -2.10.